The zero-order valence-corrected chi connectivity index (χ0v) is 12.0. The van der Waals surface area contributed by atoms with Gasteiger partial charge in [-0.25, -0.2) is 0 Å². The topological polar surface area (TPSA) is 20.2 Å². The second-order valence-electron chi connectivity index (χ2n) is 4.27. The fourth-order valence-corrected chi connectivity index (χ4v) is 2.41. The Labute approximate surface area is 123 Å². The van der Waals surface area contributed by atoms with Crippen molar-refractivity contribution in [1.29, 1.82) is 0 Å². The number of hydrogen-bond donors (Lipinski definition) is 1. The number of allylic oxidation sites excluding steroid dienone is 1. The molecule has 19 heavy (non-hydrogen) atoms. The van der Waals surface area contributed by atoms with Gasteiger partial charge in [0.15, 0.2) is 0 Å². The third-order valence-corrected chi connectivity index (χ3v) is 3.53. The van der Waals surface area contributed by atoms with Crippen LogP contribution in [-0.2, 0) is 0 Å². The van der Waals surface area contributed by atoms with Crippen LogP contribution in [-0.4, -0.2) is 11.7 Å². The molecule has 2 rings (SSSR count). The van der Waals surface area contributed by atoms with Gasteiger partial charge in [-0.05, 0) is 35.8 Å². The summed E-state index contributed by atoms with van der Waals surface area (Å²) in [5, 5.41) is 10.2. The Bertz CT molecular complexity index is 601. The molecule has 0 aliphatic carbocycles. The summed E-state index contributed by atoms with van der Waals surface area (Å²) in [4.78, 5) is 0. The van der Waals surface area contributed by atoms with Crippen molar-refractivity contribution in [3.05, 3.63) is 64.1 Å². The van der Waals surface area contributed by atoms with Crippen molar-refractivity contribution in [2.45, 2.75) is 6.92 Å². The molecular weight excluding hydrogens is 279 g/mol. The van der Waals surface area contributed by atoms with Gasteiger partial charge in [-0.15, -0.1) is 0 Å². The van der Waals surface area contributed by atoms with Crippen molar-refractivity contribution in [3.8, 4) is 11.1 Å². The Kier molecular flexibility index (Phi) is 4.65. The van der Waals surface area contributed by atoms with Gasteiger partial charge in [-0.2, -0.15) is 0 Å². The Balaban J connectivity index is 2.35. The van der Waals surface area contributed by atoms with E-state index in [0.717, 1.165) is 22.3 Å². The van der Waals surface area contributed by atoms with Crippen molar-refractivity contribution < 1.29 is 5.11 Å². The average Bonchev–Trinajstić information content (AvgIpc) is 2.39. The minimum absolute atomic E-state index is 0.0522. The Hall–Kier alpha value is -1.28. The second-order valence-corrected chi connectivity index (χ2v) is 5.11. The normalized spacial score (nSPS) is 11.7. The average molecular weight is 293 g/mol. The van der Waals surface area contributed by atoms with E-state index in [2.05, 4.69) is 0 Å². The summed E-state index contributed by atoms with van der Waals surface area (Å²) in [5.74, 6) is 0. The quantitative estimate of drug-likeness (QED) is 0.839. The fraction of sp³-hybridized carbons (Fsp3) is 0.125. The molecule has 0 heterocycles. The zero-order chi connectivity index (χ0) is 13.8. The summed E-state index contributed by atoms with van der Waals surface area (Å²) in [6, 6.07) is 13.5. The van der Waals surface area contributed by atoms with Gasteiger partial charge in [0.2, 0.25) is 0 Å². The summed E-state index contributed by atoms with van der Waals surface area (Å²) in [5.41, 5.74) is 4.14. The van der Waals surface area contributed by atoms with E-state index in [-0.39, 0.29) is 6.61 Å². The minimum Gasteiger partial charge on any atom is -0.392 e. The first-order valence-corrected chi connectivity index (χ1v) is 6.71. The van der Waals surface area contributed by atoms with Crippen molar-refractivity contribution in [3.63, 3.8) is 0 Å². The molecule has 0 fully saturated rings. The summed E-state index contributed by atoms with van der Waals surface area (Å²) in [6.45, 7) is 2.02. The minimum atomic E-state index is 0.0522. The molecule has 0 aliphatic rings. The molecule has 3 heteroatoms. The van der Waals surface area contributed by atoms with Gasteiger partial charge in [-0.1, -0.05) is 59.6 Å². The van der Waals surface area contributed by atoms with Crippen molar-refractivity contribution in [2.75, 3.05) is 6.61 Å². The molecule has 0 bridgehead atoms. The van der Waals surface area contributed by atoms with Crippen LogP contribution >= 0.6 is 23.2 Å². The number of aliphatic hydroxyl groups is 1. The molecule has 0 saturated heterocycles. The molecule has 1 nitrogen and oxygen atoms in total. The highest BCUT2D eigenvalue weighted by molar-refractivity contribution is 6.36. The number of hydrogen-bond acceptors (Lipinski definition) is 1. The maximum Gasteiger partial charge on any atom is 0.0618 e. The maximum atomic E-state index is 8.89. The van der Waals surface area contributed by atoms with Crippen LogP contribution in [0.4, 0.5) is 0 Å². The van der Waals surface area contributed by atoms with E-state index < -0.39 is 0 Å². The van der Waals surface area contributed by atoms with E-state index in [1.807, 2.05) is 43.3 Å². The third kappa shape index (κ3) is 3.38. The van der Waals surface area contributed by atoms with Gasteiger partial charge < -0.3 is 5.11 Å². The molecule has 2 aromatic rings. The van der Waals surface area contributed by atoms with Crippen molar-refractivity contribution in [2.24, 2.45) is 0 Å². The Morgan fingerprint density at radius 3 is 2.37 bits per heavy atom. The van der Waals surface area contributed by atoms with E-state index in [1.54, 1.807) is 12.1 Å². The zero-order valence-electron chi connectivity index (χ0n) is 10.5. The highest BCUT2D eigenvalue weighted by atomic mass is 35.5. The number of aliphatic hydroxyl groups excluding tert-OH is 1. The molecule has 0 radical (unpaired) electrons. The van der Waals surface area contributed by atoms with E-state index in [0.29, 0.717) is 10.0 Å². The Morgan fingerprint density at radius 2 is 1.79 bits per heavy atom. The van der Waals surface area contributed by atoms with E-state index >= 15 is 0 Å². The highest BCUT2D eigenvalue weighted by Crippen LogP contribution is 2.31. The first kappa shape index (κ1) is 14.1. The van der Waals surface area contributed by atoms with Gasteiger partial charge >= 0.3 is 0 Å². The third-order valence-electron chi connectivity index (χ3n) is 2.98. The summed E-state index contributed by atoms with van der Waals surface area (Å²) in [6.07, 6.45) is 1.78. The summed E-state index contributed by atoms with van der Waals surface area (Å²) < 4.78 is 0. The molecule has 0 unspecified atom stereocenters. The van der Waals surface area contributed by atoms with Gasteiger partial charge in [0.05, 0.1) is 6.61 Å². The van der Waals surface area contributed by atoms with Crippen LogP contribution in [0.3, 0.4) is 0 Å². The van der Waals surface area contributed by atoms with Crippen LogP contribution in [0.15, 0.2) is 48.5 Å². The smallest absolute Gasteiger partial charge is 0.0618 e. The van der Waals surface area contributed by atoms with Crippen LogP contribution in [0.1, 0.15) is 12.5 Å². The van der Waals surface area contributed by atoms with Crippen molar-refractivity contribution >= 4 is 28.8 Å². The molecular formula is C16H14Cl2O. The SMILES string of the molecule is CC(=CCO)c1ccc(-c2ccc(Cl)cc2Cl)cc1. The summed E-state index contributed by atoms with van der Waals surface area (Å²) >= 11 is 12.1. The molecule has 0 amide bonds. The van der Waals surface area contributed by atoms with Crippen molar-refractivity contribution in [1.82, 2.24) is 0 Å². The van der Waals surface area contributed by atoms with Crippen LogP contribution in [0.5, 0.6) is 0 Å². The van der Waals surface area contributed by atoms with Gasteiger partial charge in [0.1, 0.15) is 0 Å². The van der Waals surface area contributed by atoms with E-state index in [4.69, 9.17) is 28.3 Å². The van der Waals surface area contributed by atoms with Crippen LogP contribution in [0, 0.1) is 0 Å². The number of rotatable bonds is 3. The van der Waals surface area contributed by atoms with Gasteiger partial charge in [0.25, 0.3) is 0 Å². The lowest BCUT2D eigenvalue weighted by Gasteiger charge is -2.07. The molecule has 98 valence electrons. The standard InChI is InChI=1S/C16H14Cl2O/c1-11(8-9-19)12-2-4-13(5-3-12)15-7-6-14(17)10-16(15)18/h2-8,10,19H,9H2,1H3. The first-order chi connectivity index (χ1) is 9.11. The first-order valence-electron chi connectivity index (χ1n) is 5.95. The van der Waals surface area contributed by atoms with Crippen LogP contribution < -0.4 is 0 Å². The van der Waals surface area contributed by atoms with Crippen LogP contribution in [0.25, 0.3) is 16.7 Å². The molecule has 0 spiro atoms. The van der Waals surface area contributed by atoms with Gasteiger partial charge in [0, 0.05) is 15.6 Å². The molecule has 2 aromatic carbocycles. The highest BCUT2D eigenvalue weighted by Gasteiger charge is 2.04. The van der Waals surface area contributed by atoms with Crippen LogP contribution in [0.2, 0.25) is 10.0 Å². The number of benzene rings is 2. The lowest BCUT2D eigenvalue weighted by molar-refractivity contribution is 0.343. The Morgan fingerprint density at radius 1 is 1.11 bits per heavy atom. The molecule has 1 N–H and O–H groups in total. The number of halogens is 2. The fourth-order valence-electron chi connectivity index (χ4n) is 1.89. The van der Waals surface area contributed by atoms with E-state index in [1.165, 1.54) is 0 Å². The van der Waals surface area contributed by atoms with Gasteiger partial charge in [-0.3, -0.25) is 0 Å². The largest absolute Gasteiger partial charge is 0.392 e. The predicted molar refractivity (Wildman–Crippen MR) is 82.6 cm³/mol. The van der Waals surface area contributed by atoms with E-state index in [9.17, 15) is 0 Å². The molecule has 0 aliphatic heterocycles. The lowest BCUT2D eigenvalue weighted by atomic mass is 10.0. The second kappa shape index (κ2) is 6.25. The lowest BCUT2D eigenvalue weighted by Crippen LogP contribution is -1.84. The molecule has 0 saturated carbocycles. The molecule has 0 atom stereocenters. The molecule has 0 aromatic heterocycles. The monoisotopic (exact) mass is 292 g/mol. The summed E-state index contributed by atoms with van der Waals surface area (Å²) in [7, 11) is 0. The maximum absolute atomic E-state index is 8.89. The predicted octanol–water partition coefficient (Wildman–Crippen LogP) is 5.06.